The highest BCUT2D eigenvalue weighted by Crippen LogP contribution is 2.29. The molecule has 0 aliphatic heterocycles. The van der Waals surface area contributed by atoms with Gasteiger partial charge in [0.25, 0.3) is 0 Å². The number of ether oxygens (including phenoxy) is 2. The number of rotatable bonds is 7. The molecule has 3 nitrogen and oxygen atoms in total. The third kappa shape index (κ3) is 4.76. The number of hydrogen-bond acceptors (Lipinski definition) is 3. The Balaban J connectivity index is 2.21. The molecule has 2 rings (SSSR count). The van der Waals surface area contributed by atoms with Crippen LogP contribution in [-0.2, 0) is 6.42 Å². The lowest BCUT2D eigenvalue weighted by Gasteiger charge is -2.17. The van der Waals surface area contributed by atoms with E-state index in [-0.39, 0.29) is 0 Å². The predicted molar refractivity (Wildman–Crippen MR) is 103 cm³/mol. The van der Waals surface area contributed by atoms with Crippen molar-refractivity contribution in [1.29, 1.82) is 0 Å². The zero-order valence-electron chi connectivity index (χ0n) is 16.3. The molecule has 0 aliphatic rings. The molecule has 0 aromatic heterocycles. The Morgan fingerprint density at radius 2 is 1.28 bits per heavy atom. The molecule has 0 spiro atoms. The van der Waals surface area contributed by atoms with Gasteiger partial charge in [0.15, 0.2) is 0 Å². The van der Waals surface area contributed by atoms with Crippen molar-refractivity contribution in [3.05, 3.63) is 57.6 Å². The standard InChI is InChI=1S/C22H30O3/c1-7-20(23)13-25-22-16(4)10-19(11-17(22)5)12-18-8-14(2)21(24-6)15(3)9-18/h8-11,20,23H,7,12-13H2,1-6H3. The van der Waals surface area contributed by atoms with Crippen molar-refractivity contribution < 1.29 is 14.6 Å². The van der Waals surface area contributed by atoms with Gasteiger partial charge in [-0.25, -0.2) is 0 Å². The average Bonchev–Trinajstić information content (AvgIpc) is 2.53. The molecule has 136 valence electrons. The Hall–Kier alpha value is -2.00. The van der Waals surface area contributed by atoms with E-state index in [0.717, 1.165) is 29.0 Å². The summed E-state index contributed by atoms with van der Waals surface area (Å²) >= 11 is 0. The SMILES string of the molecule is CCC(O)COc1c(C)cc(Cc2cc(C)c(OC)c(C)c2)cc1C. The van der Waals surface area contributed by atoms with Crippen LogP contribution in [0.4, 0.5) is 0 Å². The third-order valence-electron chi connectivity index (χ3n) is 4.54. The average molecular weight is 342 g/mol. The second kappa shape index (κ2) is 8.39. The summed E-state index contributed by atoms with van der Waals surface area (Å²) < 4.78 is 11.3. The fourth-order valence-corrected chi connectivity index (χ4v) is 3.37. The normalized spacial score (nSPS) is 12.1. The monoisotopic (exact) mass is 342 g/mol. The Morgan fingerprint density at radius 3 is 1.68 bits per heavy atom. The summed E-state index contributed by atoms with van der Waals surface area (Å²) in [6.07, 6.45) is 1.17. The van der Waals surface area contributed by atoms with Crippen LogP contribution in [0.25, 0.3) is 0 Å². The fraction of sp³-hybridized carbons (Fsp3) is 0.455. The number of hydrogen-bond donors (Lipinski definition) is 1. The molecular weight excluding hydrogens is 312 g/mol. The van der Waals surface area contributed by atoms with E-state index in [9.17, 15) is 5.11 Å². The maximum Gasteiger partial charge on any atom is 0.125 e. The van der Waals surface area contributed by atoms with Crippen molar-refractivity contribution in [1.82, 2.24) is 0 Å². The van der Waals surface area contributed by atoms with Gasteiger partial charge < -0.3 is 14.6 Å². The minimum atomic E-state index is -0.413. The van der Waals surface area contributed by atoms with Crippen LogP contribution >= 0.6 is 0 Å². The maximum atomic E-state index is 9.71. The summed E-state index contributed by atoms with van der Waals surface area (Å²) in [7, 11) is 1.72. The lowest BCUT2D eigenvalue weighted by molar-refractivity contribution is 0.103. The molecular formula is C22H30O3. The van der Waals surface area contributed by atoms with Crippen molar-refractivity contribution in [3.8, 4) is 11.5 Å². The molecule has 1 N–H and O–H groups in total. The molecule has 0 radical (unpaired) electrons. The van der Waals surface area contributed by atoms with Crippen LogP contribution in [0.5, 0.6) is 11.5 Å². The smallest absolute Gasteiger partial charge is 0.125 e. The highest BCUT2D eigenvalue weighted by atomic mass is 16.5. The largest absolute Gasteiger partial charge is 0.496 e. The summed E-state index contributed by atoms with van der Waals surface area (Å²) in [5.41, 5.74) is 7.10. The second-order valence-electron chi connectivity index (χ2n) is 6.87. The number of aliphatic hydroxyl groups is 1. The molecule has 0 saturated heterocycles. The van der Waals surface area contributed by atoms with Crippen LogP contribution < -0.4 is 9.47 Å². The molecule has 2 aromatic rings. The maximum absolute atomic E-state index is 9.71. The van der Waals surface area contributed by atoms with E-state index in [1.165, 1.54) is 22.3 Å². The zero-order chi connectivity index (χ0) is 18.6. The highest BCUT2D eigenvalue weighted by Gasteiger charge is 2.11. The summed E-state index contributed by atoms with van der Waals surface area (Å²) in [5, 5.41) is 9.71. The molecule has 2 aromatic carbocycles. The molecule has 0 saturated carbocycles. The minimum Gasteiger partial charge on any atom is -0.496 e. The lowest BCUT2D eigenvalue weighted by Crippen LogP contribution is -2.17. The fourth-order valence-electron chi connectivity index (χ4n) is 3.37. The van der Waals surface area contributed by atoms with Crippen molar-refractivity contribution in [2.24, 2.45) is 0 Å². The van der Waals surface area contributed by atoms with Gasteiger partial charge in [-0.15, -0.1) is 0 Å². The number of methoxy groups -OCH3 is 1. The van der Waals surface area contributed by atoms with Crippen LogP contribution in [-0.4, -0.2) is 24.9 Å². The van der Waals surface area contributed by atoms with Gasteiger partial charge in [0.2, 0.25) is 0 Å². The Kier molecular flexibility index (Phi) is 6.49. The van der Waals surface area contributed by atoms with E-state index in [2.05, 4.69) is 52.0 Å². The Labute approximate surface area is 151 Å². The zero-order valence-corrected chi connectivity index (χ0v) is 16.3. The molecule has 0 amide bonds. The topological polar surface area (TPSA) is 38.7 Å². The number of aliphatic hydroxyl groups excluding tert-OH is 1. The molecule has 25 heavy (non-hydrogen) atoms. The van der Waals surface area contributed by atoms with Crippen molar-refractivity contribution >= 4 is 0 Å². The van der Waals surface area contributed by atoms with E-state index in [1.807, 2.05) is 6.92 Å². The first-order valence-corrected chi connectivity index (χ1v) is 8.90. The quantitative estimate of drug-likeness (QED) is 0.795. The molecule has 0 aliphatic carbocycles. The van der Waals surface area contributed by atoms with E-state index >= 15 is 0 Å². The first-order chi connectivity index (χ1) is 11.8. The molecule has 3 heteroatoms. The summed E-state index contributed by atoms with van der Waals surface area (Å²) in [6, 6.07) is 8.74. The van der Waals surface area contributed by atoms with Crippen LogP contribution in [0.15, 0.2) is 24.3 Å². The molecule has 1 unspecified atom stereocenters. The van der Waals surface area contributed by atoms with Gasteiger partial charge in [0, 0.05) is 0 Å². The van der Waals surface area contributed by atoms with E-state index in [4.69, 9.17) is 9.47 Å². The van der Waals surface area contributed by atoms with Gasteiger partial charge in [0.05, 0.1) is 13.2 Å². The van der Waals surface area contributed by atoms with E-state index in [0.29, 0.717) is 13.0 Å². The molecule has 1 atom stereocenters. The van der Waals surface area contributed by atoms with Crippen LogP contribution in [0.1, 0.15) is 46.7 Å². The first kappa shape index (κ1) is 19.3. The van der Waals surface area contributed by atoms with Crippen LogP contribution in [0.2, 0.25) is 0 Å². The highest BCUT2D eigenvalue weighted by molar-refractivity contribution is 5.47. The predicted octanol–water partition coefficient (Wildman–Crippen LogP) is 4.67. The number of benzene rings is 2. The van der Waals surface area contributed by atoms with Crippen molar-refractivity contribution in [3.63, 3.8) is 0 Å². The van der Waals surface area contributed by atoms with Gasteiger partial charge >= 0.3 is 0 Å². The summed E-state index contributed by atoms with van der Waals surface area (Å²) in [4.78, 5) is 0. The van der Waals surface area contributed by atoms with Gasteiger partial charge in [-0.2, -0.15) is 0 Å². The summed E-state index contributed by atoms with van der Waals surface area (Å²) in [5.74, 6) is 1.85. The second-order valence-corrected chi connectivity index (χ2v) is 6.87. The van der Waals surface area contributed by atoms with Crippen LogP contribution in [0.3, 0.4) is 0 Å². The Bertz CT molecular complexity index is 688. The van der Waals surface area contributed by atoms with Crippen molar-refractivity contribution in [2.75, 3.05) is 13.7 Å². The number of aryl methyl sites for hydroxylation is 4. The third-order valence-corrected chi connectivity index (χ3v) is 4.54. The van der Waals surface area contributed by atoms with Crippen LogP contribution in [0, 0.1) is 27.7 Å². The van der Waals surface area contributed by atoms with E-state index < -0.39 is 6.10 Å². The van der Waals surface area contributed by atoms with E-state index in [1.54, 1.807) is 7.11 Å². The van der Waals surface area contributed by atoms with Gasteiger partial charge in [-0.3, -0.25) is 0 Å². The molecule has 0 heterocycles. The van der Waals surface area contributed by atoms with Gasteiger partial charge in [-0.1, -0.05) is 31.2 Å². The van der Waals surface area contributed by atoms with Gasteiger partial charge in [-0.05, 0) is 73.9 Å². The molecule has 0 fully saturated rings. The van der Waals surface area contributed by atoms with Gasteiger partial charge in [0.1, 0.15) is 18.1 Å². The molecule has 0 bridgehead atoms. The van der Waals surface area contributed by atoms with Crippen molar-refractivity contribution in [2.45, 2.75) is 53.6 Å². The minimum absolute atomic E-state index is 0.342. The first-order valence-electron chi connectivity index (χ1n) is 8.90. The lowest BCUT2D eigenvalue weighted by atomic mass is 9.97. The Morgan fingerprint density at radius 1 is 0.840 bits per heavy atom. The summed E-state index contributed by atoms with van der Waals surface area (Å²) in [6.45, 7) is 10.6.